The third-order valence-corrected chi connectivity index (χ3v) is 6.54. The van der Waals surface area contributed by atoms with Gasteiger partial charge in [0.2, 0.25) is 5.91 Å². The Balaban J connectivity index is 1.71. The Labute approximate surface area is 186 Å². The molecule has 1 fully saturated rings. The Morgan fingerprint density at radius 3 is 2.52 bits per heavy atom. The number of carbonyl (C=O) groups excluding carboxylic acids is 1. The quantitative estimate of drug-likeness (QED) is 0.446. The minimum absolute atomic E-state index is 0.0809. The lowest BCUT2D eigenvalue weighted by molar-refractivity contribution is -0.130. The van der Waals surface area contributed by atoms with Crippen LogP contribution >= 0.6 is 11.8 Å². The Morgan fingerprint density at radius 1 is 1.10 bits per heavy atom. The molecule has 0 aliphatic carbocycles. The van der Waals surface area contributed by atoms with Crippen LogP contribution in [-0.2, 0) is 4.79 Å². The van der Waals surface area contributed by atoms with Crippen LogP contribution in [0.3, 0.4) is 0 Å². The molecule has 0 bridgehead atoms. The molecule has 162 valence electrons. The average molecular weight is 438 g/mol. The summed E-state index contributed by atoms with van der Waals surface area (Å²) in [5.74, 6) is 1.90. The van der Waals surface area contributed by atoms with Gasteiger partial charge >= 0.3 is 0 Å². The highest BCUT2D eigenvalue weighted by Gasteiger charge is 2.26. The van der Waals surface area contributed by atoms with Gasteiger partial charge in [0, 0.05) is 13.1 Å². The van der Waals surface area contributed by atoms with Gasteiger partial charge in [-0.2, -0.15) is 0 Å². The van der Waals surface area contributed by atoms with Gasteiger partial charge in [-0.05, 0) is 42.5 Å². The molecule has 0 saturated carbocycles. The number of thioether (sulfide) groups is 1. The molecule has 1 amide bonds. The monoisotopic (exact) mass is 437 g/mol. The first kappa shape index (κ1) is 21.4. The number of amides is 1. The van der Waals surface area contributed by atoms with Crippen LogP contribution in [0.15, 0.2) is 58.5 Å². The Bertz CT molecular complexity index is 1150. The summed E-state index contributed by atoms with van der Waals surface area (Å²) in [7, 11) is 1.58. The van der Waals surface area contributed by atoms with Crippen molar-refractivity contribution < 1.29 is 9.53 Å². The predicted octanol–water partition coefficient (Wildman–Crippen LogP) is 3.99. The maximum absolute atomic E-state index is 13.4. The standard InChI is InChI=1S/C24H27N3O3S/c1-16-12-17(2)14-26(13-16)22(28)15-31-24-25-19-9-5-4-8-18(19)23(29)27(24)20-10-6-7-11-21(20)30-3/h4-11,16-17H,12-15H2,1-3H3. The van der Waals surface area contributed by atoms with Gasteiger partial charge in [-0.1, -0.05) is 49.9 Å². The molecule has 1 aliphatic heterocycles. The smallest absolute Gasteiger partial charge is 0.266 e. The molecule has 4 rings (SSSR count). The molecular weight excluding hydrogens is 410 g/mol. The van der Waals surface area contributed by atoms with Crippen molar-refractivity contribution in [3.8, 4) is 11.4 Å². The van der Waals surface area contributed by atoms with Crippen LogP contribution in [0.4, 0.5) is 0 Å². The minimum atomic E-state index is -0.176. The van der Waals surface area contributed by atoms with E-state index in [4.69, 9.17) is 9.72 Å². The van der Waals surface area contributed by atoms with Crippen molar-refractivity contribution in [1.82, 2.24) is 14.5 Å². The summed E-state index contributed by atoms with van der Waals surface area (Å²) in [5, 5.41) is 1.02. The molecule has 2 heterocycles. The number of rotatable bonds is 5. The second kappa shape index (κ2) is 9.14. The van der Waals surface area contributed by atoms with E-state index in [0.29, 0.717) is 39.3 Å². The molecule has 2 aromatic carbocycles. The lowest BCUT2D eigenvalue weighted by Crippen LogP contribution is -2.43. The fraction of sp³-hybridized carbons (Fsp3) is 0.375. The number of para-hydroxylation sites is 3. The molecule has 3 aromatic rings. The second-order valence-corrected chi connectivity index (χ2v) is 9.20. The van der Waals surface area contributed by atoms with Crippen molar-refractivity contribution >= 4 is 28.6 Å². The summed E-state index contributed by atoms with van der Waals surface area (Å²) in [5.41, 5.74) is 1.06. The van der Waals surface area contributed by atoms with Crippen molar-refractivity contribution in [1.29, 1.82) is 0 Å². The van der Waals surface area contributed by atoms with Crippen molar-refractivity contribution in [2.45, 2.75) is 25.4 Å². The van der Waals surface area contributed by atoms with Crippen LogP contribution in [0.2, 0.25) is 0 Å². The van der Waals surface area contributed by atoms with Gasteiger partial charge in [-0.3, -0.25) is 14.2 Å². The third-order valence-electron chi connectivity index (χ3n) is 5.62. The topological polar surface area (TPSA) is 64.4 Å². The van der Waals surface area contributed by atoms with E-state index in [9.17, 15) is 9.59 Å². The molecular formula is C24H27N3O3S. The lowest BCUT2D eigenvalue weighted by atomic mass is 9.92. The third kappa shape index (κ3) is 4.46. The van der Waals surface area contributed by atoms with Crippen LogP contribution in [0.25, 0.3) is 16.6 Å². The Morgan fingerprint density at radius 2 is 1.77 bits per heavy atom. The number of hydrogen-bond acceptors (Lipinski definition) is 5. The number of benzene rings is 2. The van der Waals surface area contributed by atoms with E-state index in [-0.39, 0.29) is 17.2 Å². The fourth-order valence-corrected chi connectivity index (χ4v) is 5.23. The highest BCUT2D eigenvalue weighted by molar-refractivity contribution is 7.99. The molecule has 7 heteroatoms. The van der Waals surface area contributed by atoms with Crippen molar-refractivity contribution in [2.24, 2.45) is 11.8 Å². The number of methoxy groups -OCH3 is 1. The number of ether oxygens (including phenoxy) is 1. The van der Waals surface area contributed by atoms with Gasteiger partial charge in [0.15, 0.2) is 5.16 Å². The molecule has 1 saturated heterocycles. The summed E-state index contributed by atoms with van der Waals surface area (Å²) in [6, 6.07) is 14.6. The molecule has 0 N–H and O–H groups in total. The van der Waals surface area contributed by atoms with Crippen LogP contribution < -0.4 is 10.3 Å². The molecule has 1 aromatic heterocycles. The average Bonchev–Trinajstić information content (AvgIpc) is 2.77. The van der Waals surface area contributed by atoms with Gasteiger partial charge in [-0.25, -0.2) is 4.98 Å². The molecule has 0 radical (unpaired) electrons. The van der Waals surface area contributed by atoms with Gasteiger partial charge < -0.3 is 9.64 Å². The second-order valence-electron chi connectivity index (χ2n) is 8.26. The summed E-state index contributed by atoms with van der Waals surface area (Å²) < 4.78 is 7.05. The van der Waals surface area contributed by atoms with E-state index in [1.165, 1.54) is 11.8 Å². The van der Waals surface area contributed by atoms with E-state index >= 15 is 0 Å². The highest BCUT2D eigenvalue weighted by Crippen LogP contribution is 2.28. The zero-order chi connectivity index (χ0) is 22.0. The SMILES string of the molecule is COc1ccccc1-n1c(SCC(=O)N2CC(C)CC(C)C2)nc2ccccc2c1=O. The van der Waals surface area contributed by atoms with Crippen molar-refractivity contribution in [3.63, 3.8) is 0 Å². The van der Waals surface area contributed by atoms with Crippen molar-refractivity contribution in [3.05, 3.63) is 58.9 Å². The number of likely N-dealkylation sites (tertiary alicyclic amines) is 1. The normalized spacial score (nSPS) is 18.9. The highest BCUT2D eigenvalue weighted by atomic mass is 32.2. The van der Waals surface area contributed by atoms with Crippen LogP contribution in [0.1, 0.15) is 20.3 Å². The number of carbonyl (C=O) groups is 1. The molecule has 1 aliphatic rings. The van der Waals surface area contributed by atoms with Gasteiger partial charge in [-0.15, -0.1) is 0 Å². The first-order chi connectivity index (χ1) is 15.0. The van der Waals surface area contributed by atoms with Crippen LogP contribution in [-0.4, -0.2) is 46.3 Å². The fourth-order valence-electron chi connectivity index (χ4n) is 4.32. The van der Waals surface area contributed by atoms with E-state index in [2.05, 4.69) is 13.8 Å². The van der Waals surface area contributed by atoms with Crippen LogP contribution in [0, 0.1) is 11.8 Å². The molecule has 31 heavy (non-hydrogen) atoms. The molecule has 6 nitrogen and oxygen atoms in total. The zero-order valence-electron chi connectivity index (χ0n) is 18.1. The summed E-state index contributed by atoms with van der Waals surface area (Å²) >= 11 is 1.30. The maximum atomic E-state index is 13.4. The first-order valence-electron chi connectivity index (χ1n) is 10.5. The first-order valence-corrected chi connectivity index (χ1v) is 11.5. The zero-order valence-corrected chi connectivity index (χ0v) is 18.9. The predicted molar refractivity (Wildman–Crippen MR) is 124 cm³/mol. The number of fused-ring (bicyclic) bond motifs is 1. The Kier molecular flexibility index (Phi) is 6.32. The molecule has 2 unspecified atom stereocenters. The van der Waals surface area contributed by atoms with E-state index < -0.39 is 0 Å². The summed E-state index contributed by atoms with van der Waals surface area (Å²) in [6.45, 7) is 5.95. The maximum Gasteiger partial charge on any atom is 0.266 e. The number of piperidine rings is 1. The lowest BCUT2D eigenvalue weighted by Gasteiger charge is -2.35. The van der Waals surface area contributed by atoms with E-state index in [1.54, 1.807) is 17.7 Å². The van der Waals surface area contributed by atoms with Crippen LogP contribution in [0.5, 0.6) is 5.75 Å². The molecule has 2 atom stereocenters. The Hall–Kier alpha value is -2.80. The summed E-state index contributed by atoms with van der Waals surface area (Å²) in [6.07, 6.45) is 1.15. The van der Waals surface area contributed by atoms with E-state index in [1.807, 2.05) is 47.4 Å². The number of nitrogens with zero attached hydrogens (tertiary/aromatic N) is 3. The van der Waals surface area contributed by atoms with Gasteiger partial charge in [0.1, 0.15) is 5.75 Å². The molecule has 0 spiro atoms. The summed E-state index contributed by atoms with van der Waals surface area (Å²) in [4.78, 5) is 33.0. The van der Waals surface area contributed by atoms with E-state index in [0.717, 1.165) is 19.5 Å². The largest absolute Gasteiger partial charge is 0.495 e. The number of aromatic nitrogens is 2. The van der Waals surface area contributed by atoms with Crippen molar-refractivity contribution in [2.75, 3.05) is 26.0 Å². The number of hydrogen-bond donors (Lipinski definition) is 0. The van der Waals surface area contributed by atoms with Gasteiger partial charge in [0.25, 0.3) is 5.56 Å². The van der Waals surface area contributed by atoms with Gasteiger partial charge in [0.05, 0.1) is 29.5 Å². The minimum Gasteiger partial charge on any atom is -0.495 e.